The first kappa shape index (κ1) is 20.0. The average molecular weight is 417 g/mol. The predicted octanol–water partition coefficient (Wildman–Crippen LogP) is 5.17. The van der Waals surface area contributed by atoms with E-state index in [2.05, 4.69) is 5.43 Å². The van der Waals surface area contributed by atoms with Crippen LogP contribution in [0.15, 0.2) is 54.6 Å². The van der Waals surface area contributed by atoms with Crippen LogP contribution in [0, 0.1) is 6.92 Å². The van der Waals surface area contributed by atoms with Gasteiger partial charge in [-0.05, 0) is 37.3 Å². The van der Waals surface area contributed by atoms with E-state index in [1.54, 1.807) is 16.8 Å². The van der Waals surface area contributed by atoms with E-state index in [1.807, 2.05) is 43.3 Å². The highest BCUT2D eigenvalue weighted by Crippen LogP contribution is 2.25. The van der Waals surface area contributed by atoms with Crippen molar-refractivity contribution in [3.05, 3.63) is 81.5 Å². The minimum Gasteiger partial charge on any atom is -0.481 e. The first-order chi connectivity index (χ1) is 13.3. The number of carboxylic acids is 1. The molecule has 1 heterocycles. The molecule has 2 aromatic carbocycles. The molecule has 1 amide bonds. The Morgan fingerprint density at radius 1 is 1.04 bits per heavy atom. The zero-order valence-corrected chi connectivity index (χ0v) is 16.6. The second kappa shape index (κ2) is 8.50. The predicted molar refractivity (Wildman–Crippen MR) is 111 cm³/mol. The van der Waals surface area contributed by atoms with Crippen LogP contribution >= 0.6 is 23.2 Å². The van der Waals surface area contributed by atoms with E-state index in [-0.39, 0.29) is 23.4 Å². The molecule has 3 aromatic rings. The molecule has 0 spiro atoms. The third-order valence-corrected chi connectivity index (χ3v) is 4.84. The summed E-state index contributed by atoms with van der Waals surface area (Å²) in [5.41, 5.74) is 6.55. The Morgan fingerprint density at radius 3 is 2.39 bits per heavy atom. The molecule has 0 aliphatic carbocycles. The van der Waals surface area contributed by atoms with Crippen molar-refractivity contribution < 1.29 is 14.7 Å². The molecule has 5 nitrogen and oxygen atoms in total. The number of aliphatic carboxylic acids is 1. The molecule has 0 aliphatic rings. The fourth-order valence-corrected chi connectivity index (χ4v) is 3.32. The van der Waals surface area contributed by atoms with Gasteiger partial charge in [-0.1, -0.05) is 53.0 Å². The summed E-state index contributed by atoms with van der Waals surface area (Å²) in [5, 5.41) is 9.69. The molecule has 0 radical (unpaired) electrons. The van der Waals surface area contributed by atoms with Crippen LogP contribution in [0.1, 0.15) is 28.0 Å². The Hall–Kier alpha value is -2.76. The Balaban J connectivity index is 1.98. The Labute approximate surface area is 172 Å². The van der Waals surface area contributed by atoms with Crippen molar-refractivity contribution in [3.8, 4) is 11.3 Å². The standard InChI is InChI=1S/C21H18Cl2N2O3/c1-13-2-4-14(5-3-13)19-10-7-16(8-11-20(26)27)25(19)24-21(28)17-9-6-15(22)12-18(17)23/h2-7,9-10,12H,8,11H2,1H3,(H,24,28)(H,26,27). The Bertz CT molecular complexity index is 1030. The van der Waals surface area contributed by atoms with E-state index in [1.165, 1.54) is 6.07 Å². The van der Waals surface area contributed by atoms with Gasteiger partial charge in [0.15, 0.2) is 0 Å². The number of aromatic nitrogens is 1. The summed E-state index contributed by atoms with van der Waals surface area (Å²) in [7, 11) is 0. The molecule has 0 saturated heterocycles. The van der Waals surface area contributed by atoms with Crippen LogP contribution in [0.25, 0.3) is 11.3 Å². The van der Waals surface area contributed by atoms with Crippen LogP contribution in [0.5, 0.6) is 0 Å². The van der Waals surface area contributed by atoms with E-state index in [0.717, 1.165) is 16.8 Å². The van der Waals surface area contributed by atoms with Crippen LogP contribution in [-0.4, -0.2) is 21.7 Å². The highest BCUT2D eigenvalue weighted by molar-refractivity contribution is 6.37. The molecule has 0 fully saturated rings. The normalized spacial score (nSPS) is 10.7. The van der Waals surface area contributed by atoms with Crippen LogP contribution in [0.4, 0.5) is 0 Å². The van der Waals surface area contributed by atoms with E-state index < -0.39 is 11.9 Å². The van der Waals surface area contributed by atoms with Gasteiger partial charge in [-0.3, -0.25) is 19.7 Å². The number of hydrogen-bond donors (Lipinski definition) is 2. The van der Waals surface area contributed by atoms with Gasteiger partial charge in [-0.25, -0.2) is 0 Å². The average Bonchev–Trinajstić information content (AvgIpc) is 3.03. The van der Waals surface area contributed by atoms with Crippen LogP contribution < -0.4 is 5.43 Å². The van der Waals surface area contributed by atoms with Gasteiger partial charge in [-0.2, -0.15) is 0 Å². The molecule has 3 rings (SSSR count). The molecule has 28 heavy (non-hydrogen) atoms. The molecule has 0 saturated carbocycles. The molecule has 0 aliphatic heterocycles. The van der Waals surface area contributed by atoms with Gasteiger partial charge in [0.05, 0.1) is 22.7 Å². The molecule has 0 bridgehead atoms. The number of nitrogens with one attached hydrogen (secondary N) is 1. The van der Waals surface area contributed by atoms with E-state index in [9.17, 15) is 9.59 Å². The lowest BCUT2D eigenvalue weighted by Crippen LogP contribution is -2.25. The summed E-state index contributed by atoms with van der Waals surface area (Å²) < 4.78 is 1.61. The second-order valence-electron chi connectivity index (χ2n) is 6.37. The van der Waals surface area contributed by atoms with Gasteiger partial charge in [0.1, 0.15) is 0 Å². The molecule has 1 aromatic heterocycles. The molecular formula is C21H18Cl2N2O3. The van der Waals surface area contributed by atoms with Crippen molar-refractivity contribution in [2.24, 2.45) is 0 Å². The van der Waals surface area contributed by atoms with Crippen molar-refractivity contribution >= 4 is 35.1 Å². The number of benzene rings is 2. The number of carbonyl (C=O) groups excluding carboxylic acids is 1. The number of rotatable bonds is 6. The van der Waals surface area contributed by atoms with Crippen molar-refractivity contribution in [2.45, 2.75) is 19.8 Å². The van der Waals surface area contributed by atoms with Crippen molar-refractivity contribution in [1.29, 1.82) is 0 Å². The summed E-state index contributed by atoms with van der Waals surface area (Å²) >= 11 is 12.1. The number of amides is 1. The largest absolute Gasteiger partial charge is 0.481 e. The first-order valence-corrected chi connectivity index (χ1v) is 9.36. The summed E-state index contributed by atoms with van der Waals surface area (Å²) in [4.78, 5) is 23.8. The van der Waals surface area contributed by atoms with Gasteiger partial charge in [0.25, 0.3) is 5.91 Å². The van der Waals surface area contributed by atoms with Crippen molar-refractivity contribution in [1.82, 2.24) is 4.68 Å². The quantitative estimate of drug-likeness (QED) is 0.581. The lowest BCUT2D eigenvalue weighted by atomic mass is 10.1. The number of carboxylic acid groups (broad SMARTS) is 1. The summed E-state index contributed by atoms with van der Waals surface area (Å²) in [6.07, 6.45) is 0.227. The minimum absolute atomic E-state index is 0.0467. The maximum atomic E-state index is 12.8. The smallest absolute Gasteiger partial charge is 0.303 e. The number of aryl methyl sites for hydroxylation is 2. The first-order valence-electron chi connectivity index (χ1n) is 8.61. The van der Waals surface area contributed by atoms with Gasteiger partial charge < -0.3 is 5.11 Å². The summed E-state index contributed by atoms with van der Waals surface area (Å²) in [6.45, 7) is 1.99. The van der Waals surface area contributed by atoms with Crippen molar-refractivity contribution in [2.75, 3.05) is 5.43 Å². The van der Waals surface area contributed by atoms with Gasteiger partial charge >= 0.3 is 5.97 Å². The molecule has 2 N–H and O–H groups in total. The van der Waals surface area contributed by atoms with Crippen molar-refractivity contribution in [3.63, 3.8) is 0 Å². The third kappa shape index (κ3) is 4.55. The highest BCUT2D eigenvalue weighted by Gasteiger charge is 2.16. The molecular weight excluding hydrogens is 399 g/mol. The molecule has 7 heteroatoms. The minimum atomic E-state index is -0.906. The zero-order chi connectivity index (χ0) is 20.3. The highest BCUT2D eigenvalue weighted by atomic mass is 35.5. The van der Waals surface area contributed by atoms with E-state index in [4.69, 9.17) is 28.3 Å². The maximum absolute atomic E-state index is 12.8. The van der Waals surface area contributed by atoms with Crippen LogP contribution in [0.3, 0.4) is 0 Å². The Morgan fingerprint density at radius 2 is 1.75 bits per heavy atom. The fraction of sp³-hybridized carbons (Fsp3) is 0.143. The molecule has 0 unspecified atom stereocenters. The van der Waals surface area contributed by atoms with Gasteiger partial charge in [0.2, 0.25) is 0 Å². The van der Waals surface area contributed by atoms with E-state index >= 15 is 0 Å². The lowest BCUT2D eigenvalue weighted by Gasteiger charge is -2.16. The topological polar surface area (TPSA) is 71.3 Å². The number of nitrogens with zero attached hydrogens (tertiary/aromatic N) is 1. The monoisotopic (exact) mass is 416 g/mol. The van der Waals surface area contributed by atoms with E-state index in [0.29, 0.717) is 10.7 Å². The fourth-order valence-electron chi connectivity index (χ4n) is 2.83. The molecule has 144 valence electrons. The summed E-state index contributed by atoms with van der Waals surface area (Å²) in [6, 6.07) is 16.1. The zero-order valence-electron chi connectivity index (χ0n) is 15.1. The number of halogens is 2. The SMILES string of the molecule is Cc1ccc(-c2ccc(CCC(=O)O)n2NC(=O)c2ccc(Cl)cc2Cl)cc1. The number of hydrogen-bond acceptors (Lipinski definition) is 2. The number of carbonyl (C=O) groups is 2. The third-order valence-electron chi connectivity index (χ3n) is 4.29. The van der Waals surface area contributed by atoms with Gasteiger partial charge in [-0.15, -0.1) is 0 Å². The molecule has 0 atom stereocenters. The summed E-state index contributed by atoms with van der Waals surface area (Å²) in [5.74, 6) is -1.32. The van der Waals surface area contributed by atoms with Crippen LogP contribution in [-0.2, 0) is 11.2 Å². The Kier molecular flexibility index (Phi) is 6.07. The van der Waals surface area contributed by atoms with Gasteiger partial charge in [0, 0.05) is 22.7 Å². The lowest BCUT2D eigenvalue weighted by molar-refractivity contribution is -0.136. The maximum Gasteiger partial charge on any atom is 0.303 e. The second-order valence-corrected chi connectivity index (χ2v) is 7.21. The van der Waals surface area contributed by atoms with Crippen LogP contribution in [0.2, 0.25) is 10.0 Å².